The maximum atomic E-state index is 6.52. The van der Waals surface area contributed by atoms with Crippen molar-refractivity contribution in [2.24, 2.45) is 11.3 Å². The Morgan fingerprint density at radius 1 is 1.33 bits per heavy atom. The van der Waals surface area contributed by atoms with Crippen LogP contribution in [0.25, 0.3) is 11.3 Å². The number of nitrogens with zero attached hydrogens (tertiary/aromatic N) is 4. The van der Waals surface area contributed by atoms with Gasteiger partial charge in [0.2, 0.25) is 0 Å². The number of halogens is 1. The maximum Gasteiger partial charge on any atom is 0.173 e. The Morgan fingerprint density at radius 3 is 3.07 bits per heavy atom. The molecule has 2 aromatic rings. The second kappa shape index (κ2) is 5.75. The first-order chi connectivity index (χ1) is 13.2. The number of pyridine rings is 1. The van der Waals surface area contributed by atoms with Crippen LogP contribution in [0.3, 0.4) is 0 Å². The minimum Gasteiger partial charge on any atom is -0.282 e. The van der Waals surface area contributed by atoms with Gasteiger partial charge in [-0.3, -0.25) is 14.9 Å². The summed E-state index contributed by atoms with van der Waals surface area (Å²) in [6.07, 6.45) is 13.2. The predicted molar refractivity (Wildman–Crippen MR) is 101 cm³/mol. The average molecular weight is 382 g/mol. The summed E-state index contributed by atoms with van der Waals surface area (Å²) >= 11 is 6.52. The number of hydroxylamine groups is 1. The molecule has 0 radical (unpaired) electrons. The van der Waals surface area contributed by atoms with Gasteiger partial charge in [0.25, 0.3) is 0 Å². The number of aromatic nitrogens is 3. The molecule has 1 saturated heterocycles. The van der Waals surface area contributed by atoms with Crippen LogP contribution in [0.15, 0.2) is 47.8 Å². The van der Waals surface area contributed by atoms with Crippen LogP contribution in [0, 0.1) is 11.3 Å². The van der Waals surface area contributed by atoms with Gasteiger partial charge in [-0.15, -0.1) is 0 Å². The van der Waals surface area contributed by atoms with Crippen LogP contribution in [0.2, 0.25) is 0 Å². The molecule has 6 rings (SSSR count). The molecule has 138 valence electrons. The molecule has 0 bridgehead atoms. The van der Waals surface area contributed by atoms with Crippen molar-refractivity contribution >= 4 is 11.6 Å². The molecule has 27 heavy (non-hydrogen) atoms. The molecule has 4 atom stereocenters. The first-order valence-electron chi connectivity index (χ1n) is 9.46. The van der Waals surface area contributed by atoms with E-state index in [9.17, 15) is 0 Å². The lowest BCUT2D eigenvalue weighted by atomic mass is 9.94. The van der Waals surface area contributed by atoms with Gasteiger partial charge in [0, 0.05) is 65.6 Å². The molecule has 7 heteroatoms. The quantitative estimate of drug-likeness (QED) is 0.822. The van der Waals surface area contributed by atoms with Crippen molar-refractivity contribution < 1.29 is 4.84 Å². The van der Waals surface area contributed by atoms with E-state index in [4.69, 9.17) is 16.4 Å². The molecule has 6 nitrogen and oxygen atoms in total. The summed E-state index contributed by atoms with van der Waals surface area (Å²) in [4.78, 5) is 10.1. The molecule has 2 aliphatic carbocycles. The topological polar surface area (TPSA) is 60.4 Å². The van der Waals surface area contributed by atoms with Crippen LogP contribution >= 0.6 is 11.6 Å². The van der Waals surface area contributed by atoms with Gasteiger partial charge in [0.05, 0.1) is 5.69 Å². The Balaban J connectivity index is 1.18. The van der Waals surface area contributed by atoms with Crippen LogP contribution < -0.4 is 0 Å². The summed E-state index contributed by atoms with van der Waals surface area (Å²) in [5, 5.41) is 13.1. The normalized spacial score (nSPS) is 34.0. The number of fused-ring (bicyclic) bond motifs is 2. The first kappa shape index (κ1) is 16.0. The fourth-order valence-corrected chi connectivity index (χ4v) is 4.97. The highest BCUT2D eigenvalue weighted by Gasteiger charge is 2.60. The summed E-state index contributed by atoms with van der Waals surface area (Å²) in [7, 11) is 0. The van der Waals surface area contributed by atoms with Crippen LogP contribution in [0.5, 0.6) is 0 Å². The van der Waals surface area contributed by atoms with Gasteiger partial charge in [-0.1, -0.05) is 28.9 Å². The van der Waals surface area contributed by atoms with Crippen LogP contribution in [0.1, 0.15) is 24.1 Å². The molecule has 4 unspecified atom stereocenters. The Kier molecular flexibility index (Phi) is 3.41. The van der Waals surface area contributed by atoms with E-state index in [1.165, 1.54) is 11.3 Å². The fraction of sp³-hybridized carbons (Fsp3) is 0.400. The van der Waals surface area contributed by atoms with Gasteiger partial charge >= 0.3 is 0 Å². The molecular weight excluding hydrogens is 362 g/mol. The number of H-pyrrole nitrogens is 1. The van der Waals surface area contributed by atoms with Crippen molar-refractivity contribution in [2.75, 3.05) is 6.54 Å². The van der Waals surface area contributed by atoms with E-state index >= 15 is 0 Å². The summed E-state index contributed by atoms with van der Waals surface area (Å²) in [5.41, 5.74) is 4.70. The van der Waals surface area contributed by atoms with Gasteiger partial charge in [-0.25, -0.2) is 5.01 Å². The van der Waals surface area contributed by atoms with E-state index in [-0.39, 0.29) is 11.6 Å². The Bertz CT molecular complexity index is 955. The van der Waals surface area contributed by atoms with Crippen molar-refractivity contribution in [3.63, 3.8) is 0 Å². The van der Waals surface area contributed by atoms with Crippen molar-refractivity contribution in [2.45, 2.75) is 32.0 Å². The van der Waals surface area contributed by atoms with Crippen molar-refractivity contribution in [1.29, 1.82) is 0 Å². The van der Waals surface area contributed by atoms with Crippen LogP contribution in [-0.2, 0) is 17.8 Å². The van der Waals surface area contributed by atoms with Crippen LogP contribution in [0.4, 0.5) is 0 Å². The van der Waals surface area contributed by atoms with E-state index in [0.29, 0.717) is 5.92 Å². The highest BCUT2D eigenvalue weighted by atomic mass is 35.5. The van der Waals surface area contributed by atoms with E-state index < -0.39 is 0 Å². The Labute approximate surface area is 162 Å². The lowest BCUT2D eigenvalue weighted by molar-refractivity contribution is -0.0501. The van der Waals surface area contributed by atoms with E-state index in [1.54, 1.807) is 0 Å². The van der Waals surface area contributed by atoms with Gasteiger partial charge in [-0.2, -0.15) is 5.10 Å². The van der Waals surface area contributed by atoms with E-state index in [2.05, 4.69) is 32.3 Å². The first-order valence-corrected chi connectivity index (χ1v) is 9.84. The summed E-state index contributed by atoms with van der Waals surface area (Å²) < 4.78 is 0. The zero-order valence-corrected chi connectivity index (χ0v) is 15.6. The summed E-state index contributed by atoms with van der Waals surface area (Å²) in [6.45, 7) is 1.74. The minimum atomic E-state index is 0.120. The third kappa shape index (κ3) is 2.51. The van der Waals surface area contributed by atoms with Crippen molar-refractivity contribution in [3.05, 3.63) is 59.0 Å². The van der Waals surface area contributed by atoms with E-state index in [1.807, 2.05) is 35.8 Å². The maximum absolute atomic E-state index is 6.52. The SMILES string of the molecule is ClC1=CC=CC2CC12CC1ON1N1CCc2[nH]nc(-c3ccncc3)c2C1. The molecule has 1 saturated carbocycles. The number of nitrogens with one attached hydrogen (secondary N) is 1. The molecule has 2 fully saturated rings. The zero-order valence-electron chi connectivity index (χ0n) is 14.8. The Hall–Kier alpha value is -1.99. The lowest BCUT2D eigenvalue weighted by Crippen LogP contribution is -2.36. The molecule has 0 amide bonds. The summed E-state index contributed by atoms with van der Waals surface area (Å²) in [5.74, 6) is 0.584. The smallest absolute Gasteiger partial charge is 0.173 e. The number of hydrogen-bond acceptors (Lipinski definition) is 5. The number of allylic oxidation sites excluding steroid dienone is 4. The second-order valence-corrected chi connectivity index (χ2v) is 8.24. The van der Waals surface area contributed by atoms with Gasteiger partial charge < -0.3 is 0 Å². The number of hydrogen-bond donors (Lipinski definition) is 1. The zero-order chi connectivity index (χ0) is 18.0. The van der Waals surface area contributed by atoms with Gasteiger partial charge in [0.1, 0.15) is 0 Å². The van der Waals surface area contributed by atoms with Crippen molar-refractivity contribution in [1.82, 2.24) is 25.4 Å². The average Bonchev–Trinajstić information content (AvgIpc) is 3.58. The molecule has 4 heterocycles. The number of hydrazine groups is 1. The molecule has 2 aromatic heterocycles. The monoisotopic (exact) mass is 381 g/mol. The number of aromatic amines is 1. The largest absolute Gasteiger partial charge is 0.282 e. The standard InChI is InChI=1S/C20H20ClN5O/c21-17-3-1-2-14-10-20(14,17)11-18-26(27-18)25-9-6-16-15(12-25)19(24-23-16)13-4-7-22-8-5-13/h1-5,7-8,14,18H,6,9-12H2,(H,23,24). The molecule has 2 aliphatic heterocycles. The van der Waals surface area contributed by atoms with Gasteiger partial charge in [0.15, 0.2) is 6.23 Å². The second-order valence-electron chi connectivity index (χ2n) is 7.84. The molecule has 1 N–H and O–H groups in total. The third-order valence-corrected chi connectivity index (χ3v) is 6.81. The van der Waals surface area contributed by atoms with Crippen LogP contribution in [-0.4, -0.2) is 38.1 Å². The van der Waals surface area contributed by atoms with Gasteiger partial charge in [-0.05, 0) is 30.5 Å². The minimum absolute atomic E-state index is 0.120. The third-order valence-electron chi connectivity index (χ3n) is 6.31. The predicted octanol–water partition coefficient (Wildman–Crippen LogP) is 3.41. The number of rotatable bonds is 4. The highest BCUT2D eigenvalue weighted by molar-refractivity contribution is 6.30. The summed E-state index contributed by atoms with van der Waals surface area (Å²) in [6, 6.07) is 4.01. The molecule has 4 aliphatic rings. The molecular formula is C20H20ClN5O. The molecule has 0 aromatic carbocycles. The lowest BCUT2D eigenvalue weighted by Gasteiger charge is -2.26. The fourth-order valence-electron chi connectivity index (χ4n) is 4.60. The molecule has 0 spiro atoms. The van der Waals surface area contributed by atoms with E-state index in [0.717, 1.165) is 48.6 Å². The van der Waals surface area contributed by atoms with Crippen molar-refractivity contribution in [3.8, 4) is 11.3 Å². The highest BCUT2D eigenvalue weighted by Crippen LogP contribution is 2.65. The Morgan fingerprint density at radius 2 is 2.22 bits per heavy atom.